The third-order valence-electron chi connectivity index (χ3n) is 5.20. The maximum absolute atomic E-state index is 14.2. The molecule has 1 aromatic carbocycles. The van der Waals surface area contributed by atoms with Gasteiger partial charge in [0.15, 0.2) is 0 Å². The van der Waals surface area contributed by atoms with Crippen LogP contribution in [0.5, 0.6) is 0 Å². The Hall–Kier alpha value is -0.890. The van der Waals surface area contributed by atoms with Crippen molar-refractivity contribution in [2.75, 3.05) is 13.1 Å². The molecule has 0 bridgehead atoms. The molecule has 118 valence electrons. The van der Waals surface area contributed by atoms with Gasteiger partial charge in [-0.1, -0.05) is 39.8 Å². The fourth-order valence-electron chi connectivity index (χ4n) is 3.41. The first-order valence-corrected chi connectivity index (χ1v) is 8.43. The van der Waals surface area contributed by atoms with Crippen LogP contribution >= 0.6 is 0 Å². The van der Waals surface area contributed by atoms with Gasteiger partial charge < -0.3 is 0 Å². The van der Waals surface area contributed by atoms with Crippen LogP contribution in [0.4, 0.5) is 4.39 Å². The van der Waals surface area contributed by atoms with Crippen molar-refractivity contribution in [3.05, 3.63) is 35.1 Å². The van der Waals surface area contributed by atoms with E-state index in [0.717, 1.165) is 30.5 Å². The van der Waals surface area contributed by atoms with Gasteiger partial charge in [0.2, 0.25) is 0 Å². The van der Waals surface area contributed by atoms with E-state index in [4.69, 9.17) is 0 Å². The summed E-state index contributed by atoms with van der Waals surface area (Å²) in [6.45, 7) is 13.3. The monoisotopic (exact) mass is 291 g/mol. The second-order valence-electron chi connectivity index (χ2n) is 7.23. The summed E-state index contributed by atoms with van der Waals surface area (Å²) in [7, 11) is 0. The maximum Gasteiger partial charge on any atom is 0.127 e. The fraction of sp³-hybridized carbons (Fsp3) is 0.684. The number of halogens is 1. The molecule has 1 aliphatic heterocycles. The van der Waals surface area contributed by atoms with Crippen molar-refractivity contribution >= 4 is 0 Å². The van der Waals surface area contributed by atoms with Crippen LogP contribution in [-0.2, 0) is 0 Å². The molecule has 0 spiro atoms. The van der Waals surface area contributed by atoms with Crippen molar-refractivity contribution in [2.45, 2.75) is 59.4 Å². The van der Waals surface area contributed by atoms with E-state index in [1.165, 1.54) is 18.4 Å². The van der Waals surface area contributed by atoms with Crippen LogP contribution in [0.1, 0.15) is 70.5 Å². The highest BCUT2D eigenvalue weighted by Gasteiger charge is 2.26. The van der Waals surface area contributed by atoms with Gasteiger partial charge in [-0.05, 0) is 62.2 Å². The average Bonchev–Trinajstić information content (AvgIpc) is 2.47. The van der Waals surface area contributed by atoms with Gasteiger partial charge in [-0.2, -0.15) is 0 Å². The van der Waals surface area contributed by atoms with Crippen LogP contribution in [0.15, 0.2) is 18.2 Å². The van der Waals surface area contributed by atoms with Crippen molar-refractivity contribution in [1.82, 2.24) is 4.90 Å². The second-order valence-corrected chi connectivity index (χ2v) is 7.23. The molecule has 21 heavy (non-hydrogen) atoms. The molecule has 0 radical (unpaired) electrons. The van der Waals surface area contributed by atoms with Gasteiger partial charge in [-0.15, -0.1) is 0 Å². The second kappa shape index (κ2) is 6.91. The zero-order valence-electron chi connectivity index (χ0n) is 14.2. The Labute approximate surface area is 129 Å². The predicted molar refractivity (Wildman–Crippen MR) is 88.0 cm³/mol. The fourth-order valence-corrected chi connectivity index (χ4v) is 3.41. The van der Waals surface area contributed by atoms with Crippen molar-refractivity contribution in [3.63, 3.8) is 0 Å². The summed E-state index contributed by atoms with van der Waals surface area (Å²) in [6.07, 6.45) is 2.49. The largest absolute Gasteiger partial charge is 0.296 e. The topological polar surface area (TPSA) is 3.24 Å². The molecule has 1 nitrogen and oxygen atoms in total. The number of benzene rings is 1. The number of rotatable bonds is 4. The van der Waals surface area contributed by atoms with Crippen LogP contribution in [0.25, 0.3) is 0 Å². The Morgan fingerprint density at radius 2 is 1.67 bits per heavy atom. The normalized spacial score (nSPS) is 19.4. The van der Waals surface area contributed by atoms with E-state index in [2.05, 4.69) is 45.6 Å². The lowest BCUT2D eigenvalue weighted by molar-refractivity contribution is 0.120. The van der Waals surface area contributed by atoms with Crippen LogP contribution in [0.2, 0.25) is 0 Å². The quantitative estimate of drug-likeness (QED) is 0.720. The third-order valence-corrected chi connectivity index (χ3v) is 5.20. The van der Waals surface area contributed by atoms with Gasteiger partial charge in [0.1, 0.15) is 5.82 Å². The van der Waals surface area contributed by atoms with Crippen molar-refractivity contribution in [3.8, 4) is 0 Å². The highest BCUT2D eigenvalue weighted by molar-refractivity contribution is 5.29. The number of hydrogen-bond donors (Lipinski definition) is 0. The lowest BCUT2D eigenvalue weighted by Crippen LogP contribution is -2.37. The molecule has 0 amide bonds. The van der Waals surface area contributed by atoms with E-state index in [-0.39, 0.29) is 11.9 Å². The van der Waals surface area contributed by atoms with Gasteiger partial charge in [0, 0.05) is 11.6 Å². The molecule has 1 fully saturated rings. The molecule has 2 heteroatoms. The Balaban J connectivity index is 2.10. The molecule has 0 saturated carbocycles. The number of likely N-dealkylation sites (tertiary alicyclic amines) is 1. The molecule has 1 saturated heterocycles. The third kappa shape index (κ3) is 3.85. The van der Waals surface area contributed by atoms with E-state index in [0.29, 0.717) is 5.92 Å². The van der Waals surface area contributed by atoms with Crippen molar-refractivity contribution in [1.29, 1.82) is 0 Å². The molecule has 1 atom stereocenters. The van der Waals surface area contributed by atoms with E-state index in [9.17, 15) is 4.39 Å². The van der Waals surface area contributed by atoms with Gasteiger partial charge in [0.05, 0.1) is 0 Å². The first kappa shape index (κ1) is 16.5. The SMILES string of the molecule is CC(C)c1ccc(F)c([C@@H](C)N2CCC(C(C)C)CC2)c1. The lowest BCUT2D eigenvalue weighted by Gasteiger charge is -2.37. The summed E-state index contributed by atoms with van der Waals surface area (Å²) >= 11 is 0. The summed E-state index contributed by atoms with van der Waals surface area (Å²) in [5.74, 6) is 1.99. The summed E-state index contributed by atoms with van der Waals surface area (Å²) < 4.78 is 14.2. The maximum atomic E-state index is 14.2. The van der Waals surface area contributed by atoms with Crippen LogP contribution in [-0.4, -0.2) is 18.0 Å². The first-order chi connectivity index (χ1) is 9.90. The Morgan fingerprint density at radius 1 is 1.05 bits per heavy atom. The molecule has 1 heterocycles. The van der Waals surface area contributed by atoms with E-state index >= 15 is 0 Å². The summed E-state index contributed by atoms with van der Waals surface area (Å²) in [5.41, 5.74) is 2.10. The Kier molecular flexibility index (Phi) is 5.43. The molecule has 0 aromatic heterocycles. The smallest absolute Gasteiger partial charge is 0.127 e. The standard InChI is InChI=1S/C19H30FN/c1-13(2)16-8-10-21(11-9-16)15(5)18-12-17(14(3)4)6-7-19(18)20/h6-7,12-16H,8-11H2,1-5H3/t15-/m1/s1. The van der Waals surface area contributed by atoms with E-state index < -0.39 is 0 Å². The Morgan fingerprint density at radius 3 is 2.19 bits per heavy atom. The zero-order valence-corrected chi connectivity index (χ0v) is 14.2. The van der Waals surface area contributed by atoms with Crippen molar-refractivity contribution < 1.29 is 4.39 Å². The van der Waals surface area contributed by atoms with Crippen LogP contribution in [0, 0.1) is 17.7 Å². The van der Waals surface area contributed by atoms with Gasteiger partial charge in [0.25, 0.3) is 0 Å². The first-order valence-electron chi connectivity index (χ1n) is 8.43. The van der Waals surface area contributed by atoms with Crippen LogP contribution < -0.4 is 0 Å². The molecule has 2 rings (SSSR count). The highest BCUT2D eigenvalue weighted by atomic mass is 19.1. The molecule has 1 aromatic rings. The molecule has 0 unspecified atom stereocenters. The molecule has 0 N–H and O–H groups in total. The summed E-state index contributed by atoms with van der Waals surface area (Å²) in [4.78, 5) is 2.45. The molecular weight excluding hydrogens is 261 g/mol. The minimum absolute atomic E-state index is 0.0575. The minimum atomic E-state index is -0.0575. The summed E-state index contributed by atoms with van der Waals surface area (Å²) in [6, 6.07) is 5.81. The number of nitrogens with zero attached hydrogens (tertiary/aromatic N) is 1. The van der Waals surface area contributed by atoms with Crippen molar-refractivity contribution in [2.24, 2.45) is 11.8 Å². The average molecular weight is 291 g/mol. The van der Waals surface area contributed by atoms with Gasteiger partial charge >= 0.3 is 0 Å². The highest BCUT2D eigenvalue weighted by Crippen LogP contribution is 2.32. The van der Waals surface area contributed by atoms with Gasteiger partial charge in [-0.3, -0.25) is 4.90 Å². The van der Waals surface area contributed by atoms with E-state index in [1.807, 2.05) is 6.07 Å². The van der Waals surface area contributed by atoms with Gasteiger partial charge in [-0.25, -0.2) is 4.39 Å². The molecule has 0 aliphatic carbocycles. The molecule has 1 aliphatic rings. The predicted octanol–water partition coefficient (Wildman–Crippen LogP) is 5.38. The lowest BCUT2D eigenvalue weighted by atomic mass is 9.86. The number of piperidine rings is 1. The minimum Gasteiger partial charge on any atom is -0.296 e. The van der Waals surface area contributed by atoms with E-state index in [1.54, 1.807) is 6.07 Å². The molecular formula is C19H30FN. The van der Waals surface area contributed by atoms with Crippen LogP contribution in [0.3, 0.4) is 0 Å². The Bertz CT molecular complexity index is 459. The number of hydrogen-bond acceptors (Lipinski definition) is 1. The zero-order chi connectivity index (χ0) is 15.6. The summed E-state index contributed by atoms with van der Waals surface area (Å²) in [5, 5.41) is 0.